The molecule has 0 bridgehead atoms. The summed E-state index contributed by atoms with van der Waals surface area (Å²) in [6.07, 6.45) is 4.36. The quantitative estimate of drug-likeness (QED) is 0.804. The minimum absolute atomic E-state index is 0.198. The lowest BCUT2D eigenvalue weighted by Gasteiger charge is -2.25. The maximum absolute atomic E-state index is 13.3. The number of rotatable bonds is 6. The first-order valence-corrected chi connectivity index (χ1v) is 11.2. The number of hydrogen-bond acceptors (Lipinski definition) is 4. The van der Waals surface area contributed by atoms with Gasteiger partial charge in [-0.25, -0.2) is 8.42 Å². The fourth-order valence-corrected chi connectivity index (χ4v) is 6.40. The molecule has 2 atom stereocenters. The Kier molecular flexibility index (Phi) is 6.23. The molecule has 0 radical (unpaired) electrons. The van der Waals surface area contributed by atoms with E-state index >= 15 is 0 Å². The van der Waals surface area contributed by atoms with Gasteiger partial charge in [0.15, 0.2) is 0 Å². The number of benzene rings is 1. The Hall–Kier alpha value is -1.44. The predicted molar refractivity (Wildman–Crippen MR) is 104 cm³/mol. The van der Waals surface area contributed by atoms with E-state index in [1.807, 2.05) is 32.9 Å². The number of amides is 1. The van der Waals surface area contributed by atoms with Gasteiger partial charge < -0.3 is 10.1 Å². The molecule has 2 saturated heterocycles. The summed E-state index contributed by atoms with van der Waals surface area (Å²) in [6.45, 7) is 7.30. The van der Waals surface area contributed by atoms with Crippen LogP contribution in [0.5, 0.6) is 0 Å². The summed E-state index contributed by atoms with van der Waals surface area (Å²) in [5.74, 6) is -0.198. The lowest BCUT2D eigenvalue weighted by molar-refractivity contribution is -0.124. The standard InChI is InChI=1S/C20H30N2O4S/c1-14-12-15(2)19(16(3)13-14)27(24,25)22-10-4-7-18(22)20(23)21-9-8-17-6-5-11-26-17/h12-13,17-18H,4-11H2,1-3H3,(H,21,23). The summed E-state index contributed by atoms with van der Waals surface area (Å²) in [5.41, 5.74) is 2.50. The molecule has 1 N–H and O–H groups in total. The fourth-order valence-electron chi connectivity index (χ4n) is 4.33. The highest BCUT2D eigenvalue weighted by Gasteiger charge is 2.40. The van der Waals surface area contributed by atoms with E-state index in [1.165, 1.54) is 4.31 Å². The highest BCUT2D eigenvalue weighted by Crippen LogP contribution is 2.30. The molecule has 6 nitrogen and oxygen atoms in total. The van der Waals surface area contributed by atoms with Crippen LogP contribution < -0.4 is 5.32 Å². The molecule has 2 heterocycles. The van der Waals surface area contributed by atoms with Crippen molar-refractivity contribution >= 4 is 15.9 Å². The zero-order valence-corrected chi connectivity index (χ0v) is 17.3. The topological polar surface area (TPSA) is 75.7 Å². The molecule has 1 aromatic rings. The number of nitrogens with zero attached hydrogens (tertiary/aromatic N) is 1. The number of nitrogens with one attached hydrogen (secondary N) is 1. The molecular formula is C20H30N2O4S. The van der Waals surface area contributed by atoms with E-state index in [2.05, 4.69) is 5.32 Å². The summed E-state index contributed by atoms with van der Waals surface area (Å²) in [7, 11) is -3.70. The monoisotopic (exact) mass is 394 g/mol. The van der Waals surface area contributed by atoms with E-state index in [1.54, 1.807) is 0 Å². The Balaban J connectivity index is 1.72. The predicted octanol–water partition coefficient (Wildman–Crippen LogP) is 2.45. The van der Waals surface area contributed by atoms with Gasteiger partial charge in [-0.3, -0.25) is 4.79 Å². The smallest absolute Gasteiger partial charge is 0.244 e. The Labute approximate surface area is 162 Å². The van der Waals surface area contributed by atoms with E-state index in [-0.39, 0.29) is 12.0 Å². The van der Waals surface area contributed by atoms with Crippen LogP contribution in [0.25, 0.3) is 0 Å². The fraction of sp³-hybridized carbons (Fsp3) is 0.650. The minimum Gasteiger partial charge on any atom is -0.378 e. The van der Waals surface area contributed by atoms with Gasteiger partial charge in [0, 0.05) is 19.7 Å². The molecule has 2 fully saturated rings. The second-order valence-corrected chi connectivity index (χ2v) is 9.54. The van der Waals surface area contributed by atoms with Gasteiger partial charge in [-0.1, -0.05) is 17.7 Å². The molecule has 3 rings (SSSR count). The SMILES string of the molecule is Cc1cc(C)c(S(=O)(=O)N2CCCC2C(=O)NCCC2CCCO2)c(C)c1. The molecule has 0 spiro atoms. The number of aryl methyl sites for hydroxylation is 3. The van der Waals surface area contributed by atoms with E-state index in [9.17, 15) is 13.2 Å². The number of carbonyl (C=O) groups excluding carboxylic acids is 1. The van der Waals surface area contributed by atoms with Crippen LogP contribution in [0.3, 0.4) is 0 Å². The summed E-state index contributed by atoms with van der Waals surface area (Å²) >= 11 is 0. The molecule has 2 aliphatic rings. The Morgan fingerprint density at radius 2 is 1.89 bits per heavy atom. The lowest BCUT2D eigenvalue weighted by atomic mass is 10.1. The average Bonchev–Trinajstić information content (AvgIpc) is 3.25. The molecule has 0 saturated carbocycles. The van der Waals surface area contributed by atoms with Gasteiger partial charge >= 0.3 is 0 Å². The first kappa shape index (κ1) is 20.3. The zero-order chi connectivity index (χ0) is 19.6. The number of carbonyl (C=O) groups is 1. The van der Waals surface area contributed by atoms with Gasteiger partial charge in [0.25, 0.3) is 0 Å². The van der Waals surface area contributed by atoms with Crippen molar-refractivity contribution in [1.29, 1.82) is 0 Å². The molecule has 27 heavy (non-hydrogen) atoms. The summed E-state index contributed by atoms with van der Waals surface area (Å²) in [6, 6.07) is 3.14. The van der Waals surface area contributed by atoms with Crippen LogP contribution in [0.4, 0.5) is 0 Å². The Morgan fingerprint density at radius 1 is 1.19 bits per heavy atom. The second kappa shape index (κ2) is 8.29. The van der Waals surface area contributed by atoms with Gasteiger partial charge in [0.1, 0.15) is 6.04 Å². The highest BCUT2D eigenvalue weighted by molar-refractivity contribution is 7.89. The van der Waals surface area contributed by atoms with Crippen LogP contribution in [-0.2, 0) is 19.6 Å². The molecule has 150 valence electrons. The Bertz CT molecular complexity index is 777. The van der Waals surface area contributed by atoms with Crippen molar-refractivity contribution in [3.8, 4) is 0 Å². The van der Waals surface area contributed by atoms with E-state index in [0.29, 0.717) is 30.8 Å². The second-order valence-electron chi connectivity index (χ2n) is 7.72. The van der Waals surface area contributed by atoms with Gasteiger partial charge in [0.2, 0.25) is 15.9 Å². The minimum atomic E-state index is -3.70. The normalized spacial score (nSPS) is 23.7. The maximum atomic E-state index is 13.3. The van der Waals surface area contributed by atoms with Crippen LogP contribution in [-0.4, -0.2) is 50.5 Å². The van der Waals surface area contributed by atoms with Crippen molar-refractivity contribution in [3.05, 3.63) is 28.8 Å². The average molecular weight is 395 g/mol. The number of ether oxygens (including phenoxy) is 1. The molecule has 2 unspecified atom stereocenters. The third-order valence-corrected chi connectivity index (χ3v) is 7.68. The van der Waals surface area contributed by atoms with Crippen molar-refractivity contribution in [1.82, 2.24) is 9.62 Å². The van der Waals surface area contributed by atoms with Crippen molar-refractivity contribution in [2.75, 3.05) is 19.7 Å². The van der Waals surface area contributed by atoms with Gasteiger partial charge in [-0.2, -0.15) is 4.31 Å². The van der Waals surface area contributed by atoms with E-state index in [0.717, 1.165) is 42.6 Å². The zero-order valence-electron chi connectivity index (χ0n) is 16.5. The number of hydrogen-bond donors (Lipinski definition) is 1. The number of sulfonamides is 1. The summed E-state index contributed by atoms with van der Waals surface area (Å²) in [4.78, 5) is 13.0. The molecule has 1 aromatic carbocycles. The van der Waals surface area contributed by atoms with E-state index in [4.69, 9.17) is 4.74 Å². The van der Waals surface area contributed by atoms with Crippen LogP contribution in [0, 0.1) is 20.8 Å². The third kappa shape index (κ3) is 4.36. The summed E-state index contributed by atoms with van der Waals surface area (Å²) in [5, 5.41) is 2.92. The van der Waals surface area contributed by atoms with Gasteiger partial charge in [-0.05, 0) is 64.0 Å². The maximum Gasteiger partial charge on any atom is 0.244 e. The highest BCUT2D eigenvalue weighted by atomic mass is 32.2. The third-order valence-electron chi connectivity index (χ3n) is 5.47. The lowest BCUT2D eigenvalue weighted by Crippen LogP contribution is -2.46. The van der Waals surface area contributed by atoms with Gasteiger partial charge in [0.05, 0.1) is 11.0 Å². The summed E-state index contributed by atoms with van der Waals surface area (Å²) < 4.78 is 33.6. The van der Waals surface area contributed by atoms with Gasteiger partial charge in [-0.15, -0.1) is 0 Å². The molecule has 2 aliphatic heterocycles. The molecule has 1 amide bonds. The Morgan fingerprint density at radius 3 is 2.52 bits per heavy atom. The van der Waals surface area contributed by atoms with Crippen molar-refractivity contribution in [3.63, 3.8) is 0 Å². The van der Waals surface area contributed by atoms with Crippen molar-refractivity contribution < 1.29 is 17.9 Å². The molecular weight excluding hydrogens is 364 g/mol. The van der Waals surface area contributed by atoms with Crippen LogP contribution in [0.15, 0.2) is 17.0 Å². The van der Waals surface area contributed by atoms with Crippen LogP contribution >= 0.6 is 0 Å². The van der Waals surface area contributed by atoms with Crippen LogP contribution in [0.1, 0.15) is 48.8 Å². The molecule has 7 heteroatoms. The van der Waals surface area contributed by atoms with Crippen molar-refractivity contribution in [2.24, 2.45) is 0 Å². The first-order valence-electron chi connectivity index (χ1n) is 9.79. The first-order chi connectivity index (χ1) is 12.8. The van der Waals surface area contributed by atoms with Crippen molar-refractivity contribution in [2.45, 2.75) is 69.9 Å². The molecule has 0 aliphatic carbocycles. The van der Waals surface area contributed by atoms with Crippen LogP contribution in [0.2, 0.25) is 0 Å². The molecule has 0 aromatic heterocycles. The largest absolute Gasteiger partial charge is 0.378 e. The van der Waals surface area contributed by atoms with E-state index < -0.39 is 16.1 Å².